The predicted molar refractivity (Wildman–Crippen MR) is 75.6 cm³/mol. The third-order valence-electron chi connectivity index (χ3n) is 3.47. The van der Waals surface area contributed by atoms with Gasteiger partial charge in [0.15, 0.2) is 0 Å². The van der Waals surface area contributed by atoms with Crippen LogP contribution in [-0.4, -0.2) is 50.1 Å². The zero-order chi connectivity index (χ0) is 13.5. The van der Waals surface area contributed by atoms with Crippen LogP contribution in [0.15, 0.2) is 0 Å². The van der Waals surface area contributed by atoms with Crippen LogP contribution in [0.1, 0.15) is 39.5 Å². The van der Waals surface area contributed by atoms with Crippen LogP contribution in [0.3, 0.4) is 0 Å². The molecule has 1 aliphatic rings. The molecule has 0 saturated carbocycles. The van der Waals surface area contributed by atoms with Gasteiger partial charge in [-0.2, -0.15) is 0 Å². The zero-order valence-electron chi connectivity index (χ0n) is 12.3. The van der Waals surface area contributed by atoms with Gasteiger partial charge in [-0.05, 0) is 31.7 Å². The first-order valence-electron chi connectivity index (χ1n) is 7.18. The fourth-order valence-corrected chi connectivity index (χ4v) is 2.44. The van der Waals surface area contributed by atoms with Crippen molar-refractivity contribution in [1.82, 2.24) is 15.5 Å². The molecule has 1 aliphatic heterocycles. The maximum atomic E-state index is 12.1. The van der Waals surface area contributed by atoms with E-state index in [9.17, 15) is 4.79 Å². The van der Waals surface area contributed by atoms with Crippen molar-refractivity contribution in [1.29, 1.82) is 0 Å². The molecule has 0 aromatic rings. The number of piperidine rings is 1. The number of nitrogens with one attached hydrogen (secondary N) is 2. The van der Waals surface area contributed by atoms with Gasteiger partial charge in [0.1, 0.15) is 0 Å². The maximum absolute atomic E-state index is 12.1. The molecule has 0 aromatic carbocycles. The molecular weight excluding hydrogens is 226 g/mol. The highest BCUT2D eigenvalue weighted by molar-refractivity contribution is 5.81. The van der Waals surface area contributed by atoms with E-state index in [1.165, 1.54) is 19.3 Å². The number of hydrogen-bond acceptors (Lipinski definition) is 3. The molecule has 1 amide bonds. The van der Waals surface area contributed by atoms with Crippen molar-refractivity contribution in [3.63, 3.8) is 0 Å². The van der Waals surface area contributed by atoms with Gasteiger partial charge >= 0.3 is 0 Å². The quantitative estimate of drug-likeness (QED) is 0.750. The summed E-state index contributed by atoms with van der Waals surface area (Å²) >= 11 is 0. The normalized spacial score (nSPS) is 21.9. The van der Waals surface area contributed by atoms with Crippen LogP contribution in [0, 0.1) is 5.92 Å². The Morgan fingerprint density at radius 1 is 1.39 bits per heavy atom. The van der Waals surface area contributed by atoms with Gasteiger partial charge in [-0.1, -0.05) is 20.3 Å². The second kappa shape index (κ2) is 7.74. The summed E-state index contributed by atoms with van der Waals surface area (Å²) < 4.78 is 0. The summed E-state index contributed by atoms with van der Waals surface area (Å²) in [6, 6.07) is 0.493. The molecule has 18 heavy (non-hydrogen) atoms. The van der Waals surface area contributed by atoms with Gasteiger partial charge in [-0.15, -0.1) is 0 Å². The molecule has 0 aromatic heterocycles. The topological polar surface area (TPSA) is 44.4 Å². The smallest absolute Gasteiger partial charge is 0.239 e. The lowest BCUT2D eigenvalue weighted by Crippen LogP contribution is -2.50. The summed E-state index contributed by atoms with van der Waals surface area (Å²) in [5.74, 6) is 0.727. The van der Waals surface area contributed by atoms with Gasteiger partial charge in [0.2, 0.25) is 5.91 Å². The first-order valence-corrected chi connectivity index (χ1v) is 7.18. The van der Waals surface area contributed by atoms with E-state index in [0.29, 0.717) is 12.0 Å². The number of amides is 1. The van der Waals surface area contributed by atoms with Crippen LogP contribution in [0.5, 0.6) is 0 Å². The number of likely N-dealkylation sites (N-methyl/N-ethyl adjacent to an activating group) is 1. The van der Waals surface area contributed by atoms with Crippen molar-refractivity contribution in [2.24, 2.45) is 5.92 Å². The Hall–Kier alpha value is -0.610. The van der Waals surface area contributed by atoms with E-state index in [1.54, 1.807) is 4.90 Å². The summed E-state index contributed by atoms with van der Waals surface area (Å²) in [5.41, 5.74) is 0. The molecule has 0 spiro atoms. The Labute approximate surface area is 111 Å². The fourth-order valence-electron chi connectivity index (χ4n) is 2.44. The van der Waals surface area contributed by atoms with Gasteiger partial charge < -0.3 is 15.5 Å². The Morgan fingerprint density at radius 2 is 2.11 bits per heavy atom. The minimum absolute atomic E-state index is 0.0382. The Bertz CT molecular complexity index is 247. The summed E-state index contributed by atoms with van der Waals surface area (Å²) in [7, 11) is 3.66. The maximum Gasteiger partial charge on any atom is 0.239 e. The highest BCUT2D eigenvalue weighted by atomic mass is 16.2. The van der Waals surface area contributed by atoms with E-state index in [2.05, 4.69) is 24.5 Å². The van der Waals surface area contributed by atoms with Crippen LogP contribution in [-0.2, 0) is 4.79 Å². The minimum atomic E-state index is -0.0382. The van der Waals surface area contributed by atoms with Crippen LogP contribution < -0.4 is 10.6 Å². The lowest BCUT2D eigenvalue weighted by atomic mass is 10.0. The van der Waals surface area contributed by atoms with Crippen LogP contribution in [0.25, 0.3) is 0 Å². The van der Waals surface area contributed by atoms with Gasteiger partial charge in [0.25, 0.3) is 0 Å². The highest BCUT2D eigenvalue weighted by Crippen LogP contribution is 2.09. The third kappa shape index (κ3) is 5.36. The largest absolute Gasteiger partial charge is 0.347 e. The molecule has 2 atom stereocenters. The molecule has 106 valence electrons. The van der Waals surface area contributed by atoms with Crippen molar-refractivity contribution >= 4 is 5.91 Å². The molecule has 1 fully saturated rings. The second-order valence-corrected chi connectivity index (χ2v) is 5.97. The molecule has 0 aliphatic carbocycles. The molecule has 2 unspecified atom stereocenters. The Balaban J connectivity index is 2.42. The van der Waals surface area contributed by atoms with Crippen LogP contribution in [0.2, 0.25) is 0 Å². The SMILES string of the molecule is CC(C)CC(NCC1CCCCN1)C(=O)N(C)C. The number of nitrogens with zero attached hydrogens (tertiary/aromatic N) is 1. The van der Waals surface area contributed by atoms with Gasteiger partial charge in [-0.25, -0.2) is 0 Å². The molecule has 4 heteroatoms. The van der Waals surface area contributed by atoms with Crippen molar-refractivity contribution in [3.05, 3.63) is 0 Å². The van der Waals surface area contributed by atoms with E-state index in [-0.39, 0.29) is 11.9 Å². The zero-order valence-corrected chi connectivity index (χ0v) is 12.3. The van der Waals surface area contributed by atoms with E-state index in [0.717, 1.165) is 19.5 Å². The van der Waals surface area contributed by atoms with Crippen LogP contribution in [0.4, 0.5) is 0 Å². The molecule has 1 heterocycles. The summed E-state index contributed by atoms with van der Waals surface area (Å²) in [6.45, 7) is 6.34. The van der Waals surface area contributed by atoms with Crippen LogP contribution >= 0.6 is 0 Å². The lowest BCUT2D eigenvalue weighted by Gasteiger charge is -2.28. The van der Waals surface area contributed by atoms with E-state index in [4.69, 9.17) is 0 Å². The number of carbonyl (C=O) groups is 1. The molecule has 1 rings (SSSR count). The molecular formula is C14H29N3O. The van der Waals surface area contributed by atoms with Gasteiger partial charge in [-0.3, -0.25) is 4.79 Å². The van der Waals surface area contributed by atoms with E-state index >= 15 is 0 Å². The lowest BCUT2D eigenvalue weighted by molar-refractivity contribution is -0.131. The summed E-state index contributed by atoms with van der Waals surface area (Å²) in [4.78, 5) is 13.8. The monoisotopic (exact) mass is 255 g/mol. The number of rotatable bonds is 6. The standard InChI is InChI=1S/C14H29N3O/c1-11(2)9-13(14(18)17(3)4)16-10-12-7-5-6-8-15-12/h11-13,15-16H,5-10H2,1-4H3. The Kier molecular flexibility index (Phi) is 6.65. The highest BCUT2D eigenvalue weighted by Gasteiger charge is 2.22. The number of carbonyl (C=O) groups excluding carboxylic acids is 1. The minimum Gasteiger partial charge on any atom is -0.347 e. The first-order chi connectivity index (χ1) is 8.50. The average Bonchev–Trinajstić information content (AvgIpc) is 2.34. The predicted octanol–water partition coefficient (Wildman–Crippen LogP) is 1.22. The first kappa shape index (κ1) is 15.4. The van der Waals surface area contributed by atoms with Crippen molar-refractivity contribution in [2.45, 2.75) is 51.6 Å². The molecule has 2 N–H and O–H groups in total. The summed E-state index contributed by atoms with van der Waals surface area (Å²) in [6.07, 6.45) is 4.71. The van der Waals surface area contributed by atoms with E-state index in [1.807, 2.05) is 14.1 Å². The molecule has 1 saturated heterocycles. The van der Waals surface area contributed by atoms with Gasteiger partial charge in [0.05, 0.1) is 6.04 Å². The molecule has 0 radical (unpaired) electrons. The van der Waals surface area contributed by atoms with Gasteiger partial charge in [0, 0.05) is 26.7 Å². The third-order valence-corrected chi connectivity index (χ3v) is 3.47. The molecule has 0 bridgehead atoms. The van der Waals surface area contributed by atoms with E-state index < -0.39 is 0 Å². The van der Waals surface area contributed by atoms with Crippen molar-refractivity contribution in [2.75, 3.05) is 27.2 Å². The van der Waals surface area contributed by atoms with Crippen molar-refractivity contribution in [3.8, 4) is 0 Å². The summed E-state index contributed by atoms with van der Waals surface area (Å²) in [5, 5.41) is 6.96. The molecule has 4 nitrogen and oxygen atoms in total. The Morgan fingerprint density at radius 3 is 2.61 bits per heavy atom. The average molecular weight is 255 g/mol. The second-order valence-electron chi connectivity index (χ2n) is 5.97. The number of hydrogen-bond donors (Lipinski definition) is 2. The fraction of sp³-hybridized carbons (Fsp3) is 0.929. The van der Waals surface area contributed by atoms with Crippen molar-refractivity contribution < 1.29 is 4.79 Å².